The summed E-state index contributed by atoms with van der Waals surface area (Å²) in [6, 6.07) is 6.84. The molecule has 18 heavy (non-hydrogen) atoms. The second-order valence-corrected chi connectivity index (χ2v) is 4.32. The fourth-order valence-electron chi connectivity index (χ4n) is 2.22. The van der Waals surface area contributed by atoms with Crippen molar-refractivity contribution in [2.24, 2.45) is 0 Å². The monoisotopic (exact) mass is 245 g/mol. The van der Waals surface area contributed by atoms with Gasteiger partial charge in [-0.05, 0) is 24.3 Å². The van der Waals surface area contributed by atoms with Crippen LogP contribution in [0.25, 0.3) is 10.9 Å². The molecule has 2 aromatic rings. The Hall–Kier alpha value is -2.21. The number of hydrogen-bond acceptors (Lipinski definition) is 5. The molecule has 0 aliphatic carbocycles. The Morgan fingerprint density at radius 3 is 2.83 bits per heavy atom. The molecule has 0 radical (unpaired) electrons. The van der Waals surface area contributed by atoms with Gasteiger partial charge in [0.1, 0.15) is 5.69 Å². The molecular formula is C12H11N3O3. The highest BCUT2D eigenvalue weighted by Gasteiger charge is 2.31. The lowest BCUT2D eigenvalue weighted by atomic mass is 10.1. The van der Waals surface area contributed by atoms with Crippen LogP contribution in [-0.4, -0.2) is 34.2 Å². The van der Waals surface area contributed by atoms with E-state index < -0.39 is 6.10 Å². The van der Waals surface area contributed by atoms with Gasteiger partial charge >= 0.3 is 5.69 Å². The zero-order chi connectivity index (χ0) is 12.7. The van der Waals surface area contributed by atoms with Crippen LogP contribution in [0, 0.1) is 10.1 Å². The van der Waals surface area contributed by atoms with Gasteiger partial charge in [0.05, 0.1) is 21.9 Å². The first-order chi connectivity index (χ1) is 8.66. The molecule has 1 saturated heterocycles. The van der Waals surface area contributed by atoms with Gasteiger partial charge in [-0.25, -0.2) is 0 Å². The predicted octanol–water partition coefficient (Wildman–Crippen LogP) is 1.32. The molecule has 1 aliphatic heterocycles. The van der Waals surface area contributed by atoms with Crippen LogP contribution in [0.3, 0.4) is 0 Å². The first-order valence-corrected chi connectivity index (χ1v) is 5.62. The lowest BCUT2D eigenvalue weighted by molar-refractivity contribution is -0.382. The fraction of sp³-hybridized carbons (Fsp3) is 0.250. The number of nitro groups is 1. The number of β-amino-alcohol motifs (C(OH)–C–C–N with tert-alkyl or cyclic N) is 1. The fourth-order valence-corrected chi connectivity index (χ4v) is 2.22. The molecule has 1 N–H and O–H groups in total. The van der Waals surface area contributed by atoms with Crippen LogP contribution in [0.15, 0.2) is 30.5 Å². The summed E-state index contributed by atoms with van der Waals surface area (Å²) in [5.41, 5.74) is 1.22. The van der Waals surface area contributed by atoms with Crippen molar-refractivity contribution in [2.45, 2.75) is 6.10 Å². The van der Waals surface area contributed by atoms with E-state index in [1.165, 1.54) is 0 Å². The van der Waals surface area contributed by atoms with E-state index in [4.69, 9.17) is 0 Å². The number of aliphatic hydroxyl groups is 1. The molecular weight excluding hydrogens is 234 g/mol. The van der Waals surface area contributed by atoms with E-state index in [0.717, 1.165) is 0 Å². The largest absolute Gasteiger partial charge is 0.389 e. The van der Waals surface area contributed by atoms with E-state index in [0.29, 0.717) is 29.7 Å². The third kappa shape index (κ3) is 1.58. The molecule has 1 aliphatic rings. The third-order valence-electron chi connectivity index (χ3n) is 3.12. The first-order valence-electron chi connectivity index (χ1n) is 5.62. The van der Waals surface area contributed by atoms with Gasteiger partial charge in [-0.15, -0.1) is 0 Å². The normalized spacial score (nSPS) is 15.7. The highest BCUT2D eigenvalue weighted by Crippen LogP contribution is 2.36. The summed E-state index contributed by atoms with van der Waals surface area (Å²) in [7, 11) is 0. The minimum atomic E-state index is -0.394. The number of fused-ring (bicyclic) bond motifs is 1. The standard InChI is InChI=1S/C12H11N3O3/c16-8-6-14(7-8)11-4-3-10-9(2-1-5-13-10)12(11)15(17)18/h1-5,8,16H,6-7H2. The zero-order valence-electron chi connectivity index (χ0n) is 9.48. The number of aromatic nitrogens is 1. The molecule has 0 amide bonds. The van der Waals surface area contributed by atoms with Crippen molar-refractivity contribution in [3.8, 4) is 0 Å². The number of pyridine rings is 1. The summed E-state index contributed by atoms with van der Waals surface area (Å²) in [5.74, 6) is 0. The number of benzene rings is 1. The molecule has 92 valence electrons. The van der Waals surface area contributed by atoms with Crippen molar-refractivity contribution >= 4 is 22.3 Å². The number of nitro benzene ring substituents is 1. The van der Waals surface area contributed by atoms with Gasteiger partial charge in [0.25, 0.3) is 0 Å². The van der Waals surface area contributed by atoms with Crippen LogP contribution in [0.4, 0.5) is 11.4 Å². The molecule has 6 heteroatoms. The van der Waals surface area contributed by atoms with Gasteiger partial charge in [-0.3, -0.25) is 15.1 Å². The molecule has 0 unspecified atom stereocenters. The molecule has 1 aromatic carbocycles. The van der Waals surface area contributed by atoms with Crippen molar-refractivity contribution in [3.05, 3.63) is 40.6 Å². The Balaban J connectivity index is 2.19. The van der Waals surface area contributed by atoms with Gasteiger partial charge in [0.15, 0.2) is 0 Å². The van der Waals surface area contributed by atoms with Crippen molar-refractivity contribution in [3.63, 3.8) is 0 Å². The maximum absolute atomic E-state index is 11.3. The van der Waals surface area contributed by atoms with Crippen LogP contribution in [0.2, 0.25) is 0 Å². The van der Waals surface area contributed by atoms with E-state index >= 15 is 0 Å². The molecule has 0 spiro atoms. The number of hydrogen-bond donors (Lipinski definition) is 1. The lowest BCUT2D eigenvalue weighted by Gasteiger charge is -2.37. The zero-order valence-corrected chi connectivity index (χ0v) is 9.48. The number of aliphatic hydroxyl groups excluding tert-OH is 1. The van der Waals surface area contributed by atoms with Crippen molar-refractivity contribution in [1.82, 2.24) is 4.98 Å². The number of anilines is 1. The summed E-state index contributed by atoms with van der Waals surface area (Å²) < 4.78 is 0. The summed E-state index contributed by atoms with van der Waals surface area (Å²) in [4.78, 5) is 16.8. The van der Waals surface area contributed by atoms with E-state index in [1.54, 1.807) is 35.4 Å². The molecule has 1 fully saturated rings. The van der Waals surface area contributed by atoms with Crippen molar-refractivity contribution in [2.75, 3.05) is 18.0 Å². The van der Waals surface area contributed by atoms with Crippen LogP contribution in [0.5, 0.6) is 0 Å². The lowest BCUT2D eigenvalue weighted by Crippen LogP contribution is -2.51. The summed E-state index contributed by atoms with van der Waals surface area (Å²) in [5, 5.41) is 21.1. The average molecular weight is 245 g/mol. The average Bonchev–Trinajstić information content (AvgIpc) is 2.33. The molecule has 2 heterocycles. The van der Waals surface area contributed by atoms with Gasteiger partial charge in [-0.2, -0.15) is 0 Å². The quantitative estimate of drug-likeness (QED) is 0.637. The molecule has 6 nitrogen and oxygen atoms in total. The topological polar surface area (TPSA) is 79.5 Å². The minimum Gasteiger partial charge on any atom is -0.389 e. The molecule has 0 bridgehead atoms. The maximum Gasteiger partial charge on any atom is 0.301 e. The Labute approximate surface area is 103 Å². The summed E-state index contributed by atoms with van der Waals surface area (Å²) in [6.45, 7) is 0.874. The van der Waals surface area contributed by atoms with Gasteiger partial charge in [0.2, 0.25) is 0 Å². The van der Waals surface area contributed by atoms with Crippen LogP contribution in [-0.2, 0) is 0 Å². The highest BCUT2D eigenvalue weighted by atomic mass is 16.6. The summed E-state index contributed by atoms with van der Waals surface area (Å²) in [6.07, 6.45) is 1.22. The van der Waals surface area contributed by atoms with Crippen LogP contribution < -0.4 is 4.90 Å². The first kappa shape index (κ1) is 10.9. The van der Waals surface area contributed by atoms with Gasteiger partial charge in [-0.1, -0.05) is 0 Å². The molecule has 1 aromatic heterocycles. The van der Waals surface area contributed by atoms with Crippen LogP contribution >= 0.6 is 0 Å². The maximum atomic E-state index is 11.3. The molecule has 0 atom stereocenters. The smallest absolute Gasteiger partial charge is 0.301 e. The predicted molar refractivity (Wildman–Crippen MR) is 66.6 cm³/mol. The van der Waals surface area contributed by atoms with Crippen molar-refractivity contribution < 1.29 is 10.0 Å². The Morgan fingerprint density at radius 1 is 1.39 bits per heavy atom. The third-order valence-corrected chi connectivity index (χ3v) is 3.12. The van der Waals surface area contributed by atoms with E-state index in [2.05, 4.69) is 4.98 Å². The highest BCUT2D eigenvalue weighted by molar-refractivity contribution is 5.94. The minimum absolute atomic E-state index is 0.0625. The van der Waals surface area contributed by atoms with Gasteiger partial charge < -0.3 is 10.0 Å². The van der Waals surface area contributed by atoms with E-state index in [-0.39, 0.29) is 10.6 Å². The van der Waals surface area contributed by atoms with Crippen LogP contribution in [0.1, 0.15) is 0 Å². The number of rotatable bonds is 2. The Morgan fingerprint density at radius 2 is 2.17 bits per heavy atom. The summed E-state index contributed by atoms with van der Waals surface area (Å²) >= 11 is 0. The molecule has 3 rings (SSSR count). The SMILES string of the molecule is O=[N+]([O-])c1c(N2CC(O)C2)ccc2ncccc12. The van der Waals surface area contributed by atoms with Gasteiger partial charge in [0, 0.05) is 19.3 Å². The Bertz CT molecular complexity index is 623. The van der Waals surface area contributed by atoms with E-state index in [1.807, 2.05) is 0 Å². The second kappa shape index (κ2) is 3.92. The molecule has 0 saturated carbocycles. The van der Waals surface area contributed by atoms with E-state index in [9.17, 15) is 15.2 Å². The van der Waals surface area contributed by atoms with Crippen molar-refractivity contribution in [1.29, 1.82) is 0 Å². The second-order valence-electron chi connectivity index (χ2n) is 4.32. The number of nitrogens with zero attached hydrogens (tertiary/aromatic N) is 3. The Kier molecular flexibility index (Phi) is 2.38.